The van der Waals surface area contributed by atoms with Gasteiger partial charge in [-0.25, -0.2) is 4.39 Å². The Morgan fingerprint density at radius 2 is 2.04 bits per heavy atom. The summed E-state index contributed by atoms with van der Waals surface area (Å²) in [5.41, 5.74) is 1.79. The quantitative estimate of drug-likeness (QED) is 0.606. The van der Waals surface area contributed by atoms with Gasteiger partial charge in [-0.15, -0.1) is 0 Å². The van der Waals surface area contributed by atoms with Gasteiger partial charge in [0.25, 0.3) is 0 Å². The highest BCUT2D eigenvalue weighted by atomic mass is 32.1. The van der Waals surface area contributed by atoms with Gasteiger partial charge in [0.15, 0.2) is 5.11 Å². The van der Waals surface area contributed by atoms with Crippen molar-refractivity contribution in [2.45, 2.75) is 13.0 Å². The lowest BCUT2D eigenvalue weighted by atomic mass is 10.1. The van der Waals surface area contributed by atoms with Gasteiger partial charge in [-0.3, -0.25) is 0 Å². The van der Waals surface area contributed by atoms with Crippen molar-refractivity contribution in [2.75, 3.05) is 11.9 Å². The van der Waals surface area contributed by atoms with E-state index in [-0.39, 0.29) is 11.9 Å². The summed E-state index contributed by atoms with van der Waals surface area (Å²) >= 11 is 5.32. The summed E-state index contributed by atoms with van der Waals surface area (Å²) in [4.78, 5) is 0. The molecule has 5 heteroatoms. The first-order valence-corrected chi connectivity index (χ1v) is 7.66. The van der Waals surface area contributed by atoms with Crippen molar-refractivity contribution in [3.8, 4) is 5.75 Å². The molecule has 0 aromatic heterocycles. The highest BCUT2D eigenvalue weighted by Gasteiger charge is 2.07. The third-order valence-electron chi connectivity index (χ3n) is 3.18. The van der Waals surface area contributed by atoms with Crippen molar-refractivity contribution in [1.82, 2.24) is 5.32 Å². The number of hydrogen-bond acceptors (Lipinski definition) is 2. The van der Waals surface area contributed by atoms with Crippen LogP contribution in [0.25, 0.3) is 0 Å². The Hall–Kier alpha value is -2.40. The van der Waals surface area contributed by atoms with Crippen molar-refractivity contribution < 1.29 is 9.13 Å². The second-order valence-corrected chi connectivity index (χ2v) is 5.41. The number of halogens is 1. The number of rotatable bonds is 6. The Balaban J connectivity index is 1.93. The number of anilines is 1. The molecule has 0 spiro atoms. The van der Waals surface area contributed by atoms with Crippen LogP contribution < -0.4 is 15.4 Å². The van der Waals surface area contributed by atoms with Crippen molar-refractivity contribution >= 4 is 23.0 Å². The first-order chi connectivity index (χ1) is 11.1. The number of thiocarbonyl (C=S) groups is 1. The minimum absolute atomic E-state index is 0.0317. The van der Waals surface area contributed by atoms with Crippen LogP contribution >= 0.6 is 12.2 Å². The maximum Gasteiger partial charge on any atom is 0.171 e. The van der Waals surface area contributed by atoms with Crippen LogP contribution in [0.4, 0.5) is 10.1 Å². The third-order valence-corrected chi connectivity index (χ3v) is 3.40. The Kier molecular flexibility index (Phi) is 6.11. The molecule has 2 N–H and O–H groups in total. The van der Waals surface area contributed by atoms with Gasteiger partial charge >= 0.3 is 0 Å². The summed E-state index contributed by atoms with van der Waals surface area (Å²) in [5, 5.41) is 6.77. The molecule has 0 aliphatic carbocycles. The molecule has 2 rings (SSSR count). The second-order valence-electron chi connectivity index (χ2n) is 5.00. The van der Waals surface area contributed by atoms with Gasteiger partial charge < -0.3 is 15.4 Å². The van der Waals surface area contributed by atoms with E-state index in [1.807, 2.05) is 31.2 Å². The van der Waals surface area contributed by atoms with Gasteiger partial charge in [0.2, 0.25) is 0 Å². The maximum absolute atomic E-state index is 12.9. The SMILES string of the molecule is C=CCOc1cccc(NC(=S)NC(C)c2ccc(F)cc2)c1. The average molecular weight is 330 g/mol. The molecule has 0 aliphatic rings. The Morgan fingerprint density at radius 1 is 1.30 bits per heavy atom. The largest absolute Gasteiger partial charge is 0.489 e. The van der Waals surface area contributed by atoms with Crippen LogP contribution in [0.15, 0.2) is 61.2 Å². The molecule has 0 amide bonds. The molecule has 0 radical (unpaired) electrons. The Morgan fingerprint density at radius 3 is 2.74 bits per heavy atom. The lowest BCUT2D eigenvalue weighted by Crippen LogP contribution is -2.30. The summed E-state index contributed by atoms with van der Waals surface area (Å²) in [7, 11) is 0. The van der Waals surface area contributed by atoms with Gasteiger partial charge in [0.05, 0.1) is 6.04 Å². The smallest absolute Gasteiger partial charge is 0.171 e. The first-order valence-electron chi connectivity index (χ1n) is 7.25. The molecule has 0 saturated heterocycles. The molecule has 23 heavy (non-hydrogen) atoms. The fourth-order valence-electron chi connectivity index (χ4n) is 2.02. The van der Waals surface area contributed by atoms with E-state index in [1.54, 1.807) is 18.2 Å². The number of nitrogens with one attached hydrogen (secondary N) is 2. The molecule has 0 aliphatic heterocycles. The minimum atomic E-state index is -0.252. The molecule has 0 bridgehead atoms. The highest BCUT2D eigenvalue weighted by molar-refractivity contribution is 7.80. The van der Waals surface area contributed by atoms with E-state index < -0.39 is 0 Å². The zero-order valence-electron chi connectivity index (χ0n) is 12.9. The summed E-state index contributed by atoms with van der Waals surface area (Å²) in [6.45, 7) is 6.03. The lowest BCUT2D eigenvalue weighted by Gasteiger charge is -2.17. The van der Waals surface area contributed by atoms with Crippen LogP contribution in [0.2, 0.25) is 0 Å². The predicted molar refractivity (Wildman–Crippen MR) is 96.3 cm³/mol. The van der Waals surface area contributed by atoms with Crippen molar-refractivity contribution in [2.24, 2.45) is 0 Å². The van der Waals surface area contributed by atoms with E-state index in [1.165, 1.54) is 12.1 Å². The number of ether oxygens (including phenoxy) is 1. The molecule has 0 saturated carbocycles. The van der Waals surface area contributed by atoms with Gasteiger partial charge in [-0.05, 0) is 49.0 Å². The van der Waals surface area contributed by atoms with Crippen LogP contribution in [-0.4, -0.2) is 11.7 Å². The van der Waals surface area contributed by atoms with Crippen molar-refractivity contribution in [1.29, 1.82) is 0 Å². The Bertz CT molecular complexity index is 673. The van der Waals surface area contributed by atoms with Crippen LogP contribution in [0.3, 0.4) is 0 Å². The van der Waals surface area contributed by atoms with Crippen LogP contribution in [0.1, 0.15) is 18.5 Å². The number of benzene rings is 2. The summed E-state index contributed by atoms with van der Waals surface area (Å²) in [6, 6.07) is 13.8. The molecule has 0 heterocycles. The molecular weight excluding hydrogens is 311 g/mol. The van der Waals surface area contributed by atoms with E-state index >= 15 is 0 Å². The first kappa shape index (κ1) is 17.0. The highest BCUT2D eigenvalue weighted by Crippen LogP contribution is 2.18. The standard InChI is InChI=1S/C18H19FN2OS/c1-3-11-22-17-6-4-5-16(12-17)21-18(23)20-13(2)14-7-9-15(19)10-8-14/h3-10,12-13H,1,11H2,2H3,(H2,20,21,23). The normalized spacial score (nSPS) is 11.4. The minimum Gasteiger partial charge on any atom is -0.489 e. The average Bonchev–Trinajstić information content (AvgIpc) is 2.53. The summed E-state index contributed by atoms with van der Waals surface area (Å²) < 4.78 is 18.4. The molecule has 2 aromatic rings. The molecule has 120 valence electrons. The van der Waals surface area contributed by atoms with Crippen LogP contribution in [0.5, 0.6) is 5.75 Å². The van der Waals surface area contributed by atoms with Crippen LogP contribution in [-0.2, 0) is 0 Å². The molecule has 2 aromatic carbocycles. The molecule has 0 fully saturated rings. The summed E-state index contributed by atoms with van der Waals surface area (Å²) in [6.07, 6.45) is 1.69. The fraction of sp³-hybridized carbons (Fsp3) is 0.167. The van der Waals surface area contributed by atoms with E-state index in [0.717, 1.165) is 17.0 Å². The fourth-order valence-corrected chi connectivity index (χ4v) is 2.31. The zero-order valence-corrected chi connectivity index (χ0v) is 13.7. The Labute approximate surface area is 141 Å². The predicted octanol–water partition coefficient (Wildman–Crippen LogP) is 4.44. The molecule has 1 unspecified atom stereocenters. The van der Waals surface area contributed by atoms with Crippen molar-refractivity contribution in [3.63, 3.8) is 0 Å². The lowest BCUT2D eigenvalue weighted by molar-refractivity contribution is 0.363. The monoisotopic (exact) mass is 330 g/mol. The molecular formula is C18H19FN2OS. The van der Waals surface area contributed by atoms with Gasteiger partial charge in [0, 0.05) is 11.8 Å². The zero-order chi connectivity index (χ0) is 16.7. The van der Waals surface area contributed by atoms with Crippen molar-refractivity contribution in [3.05, 3.63) is 72.6 Å². The van der Waals surface area contributed by atoms with E-state index in [0.29, 0.717) is 11.7 Å². The summed E-state index contributed by atoms with van der Waals surface area (Å²) in [5.74, 6) is 0.488. The third kappa shape index (κ3) is 5.38. The van der Waals surface area contributed by atoms with Gasteiger partial charge in [-0.1, -0.05) is 30.9 Å². The molecule has 1 atom stereocenters. The van der Waals surface area contributed by atoms with Gasteiger partial charge in [-0.2, -0.15) is 0 Å². The van der Waals surface area contributed by atoms with E-state index in [4.69, 9.17) is 17.0 Å². The van der Waals surface area contributed by atoms with Crippen LogP contribution in [0, 0.1) is 5.82 Å². The second kappa shape index (κ2) is 8.29. The van der Waals surface area contributed by atoms with E-state index in [2.05, 4.69) is 17.2 Å². The number of hydrogen-bond donors (Lipinski definition) is 2. The maximum atomic E-state index is 12.9. The topological polar surface area (TPSA) is 33.3 Å². The van der Waals surface area contributed by atoms with Gasteiger partial charge in [0.1, 0.15) is 18.2 Å². The molecule has 3 nitrogen and oxygen atoms in total. The van der Waals surface area contributed by atoms with E-state index in [9.17, 15) is 4.39 Å².